The van der Waals surface area contributed by atoms with Gasteiger partial charge in [-0.1, -0.05) is 121 Å². The number of ether oxygens (including phenoxy) is 1. The summed E-state index contributed by atoms with van der Waals surface area (Å²) in [5, 5.41) is 7.17. The van der Waals surface area contributed by atoms with Crippen LogP contribution in [0.1, 0.15) is 11.1 Å². The third kappa shape index (κ3) is 3.67. The van der Waals surface area contributed by atoms with Crippen molar-refractivity contribution >= 4 is 50.0 Å². The van der Waals surface area contributed by atoms with E-state index in [-0.39, 0.29) is 11.9 Å². The predicted octanol–water partition coefficient (Wildman–Crippen LogP) is 7.60. The molecule has 0 saturated carbocycles. The van der Waals surface area contributed by atoms with Crippen LogP contribution in [0.3, 0.4) is 0 Å². The molecule has 1 fully saturated rings. The summed E-state index contributed by atoms with van der Waals surface area (Å²) in [5.74, 6) is -0.00586. The van der Waals surface area contributed by atoms with E-state index in [1.54, 1.807) is 0 Å². The summed E-state index contributed by atoms with van der Waals surface area (Å²) in [6.07, 6.45) is 3.65. The molecule has 0 N–H and O–H groups in total. The maximum Gasteiger partial charge on any atom is 0.259 e. The molecule has 2 atom stereocenters. The molecule has 7 rings (SSSR count). The number of carbonyl (C=O) groups is 1. The zero-order chi connectivity index (χ0) is 24.8. The number of hydrogen-bond acceptors (Lipinski definition) is 2. The third-order valence-corrected chi connectivity index (χ3v) is 7.41. The van der Waals surface area contributed by atoms with Gasteiger partial charge in [-0.05, 0) is 44.1 Å². The van der Waals surface area contributed by atoms with Crippen molar-refractivity contribution in [3.05, 3.63) is 132 Å². The van der Waals surface area contributed by atoms with Crippen LogP contribution in [0.25, 0.3) is 38.4 Å². The maximum atomic E-state index is 13.6. The zero-order valence-electron chi connectivity index (χ0n) is 20.2. The first-order valence-corrected chi connectivity index (χ1v) is 12.7. The van der Waals surface area contributed by atoms with E-state index in [1.807, 2.05) is 53.4 Å². The van der Waals surface area contributed by atoms with E-state index >= 15 is 0 Å². The summed E-state index contributed by atoms with van der Waals surface area (Å²) in [6.45, 7) is 0.402. The van der Waals surface area contributed by atoms with Crippen LogP contribution in [-0.2, 0) is 16.1 Å². The number of benzene rings is 6. The molecule has 0 aromatic heterocycles. The molecule has 1 amide bonds. The van der Waals surface area contributed by atoms with Crippen LogP contribution in [0, 0.1) is 0 Å². The number of β-lactam (4-membered cyclic amide) rings is 1. The molecule has 1 saturated heterocycles. The normalized spacial score (nSPS) is 17.8. The lowest BCUT2D eigenvalue weighted by Crippen LogP contribution is -2.65. The fraction of sp³-hybridized carbons (Fsp3) is 0.0882. The highest BCUT2D eigenvalue weighted by Gasteiger charge is 2.48. The molecule has 0 radical (unpaired) electrons. The number of carbonyl (C=O) groups excluding carboxylic acids is 1. The van der Waals surface area contributed by atoms with E-state index in [4.69, 9.17) is 4.74 Å². The summed E-state index contributed by atoms with van der Waals surface area (Å²) < 4.78 is 6.21. The molecule has 178 valence electrons. The molecule has 0 aliphatic carbocycles. The second-order valence-electron chi connectivity index (χ2n) is 9.63. The van der Waals surface area contributed by atoms with Crippen molar-refractivity contribution in [3.8, 4) is 0 Å². The van der Waals surface area contributed by atoms with Crippen molar-refractivity contribution in [1.29, 1.82) is 0 Å². The minimum atomic E-state index is -0.529. The Balaban J connectivity index is 1.31. The second kappa shape index (κ2) is 8.88. The monoisotopic (exact) mass is 479 g/mol. The molecular weight excluding hydrogens is 454 g/mol. The molecule has 1 heterocycles. The van der Waals surface area contributed by atoms with Gasteiger partial charge < -0.3 is 4.74 Å². The van der Waals surface area contributed by atoms with E-state index in [0.29, 0.717) is 6.61 Å². The predicted molar refractivity (Wildman–Crippen MR) is 152 cm³/mol. The minimum absolute atomic E-state index is 0.00586. The number of nitrogens with zero attached hydrogens (tertiary/aromatic N) is 1. The van der Waals surface area contributed by atoms with Crippen molar-refractivity contribution in [2.45, 2.75) is 18.8 Å². The SMILES string of the molecule is O=C1[C@@H](OCc2ccccc2)[C@@H](/C=C/c2ccccc2)N1c1ccc2ccc3cccc4ccc1c2c34. The summed E-state index contributed by atoms with van der Waals surface area (Å²) in [5.41, 5.74) is 3.08. The van der Waals surface area contributed by atoms with Gasteiger partial charge in [-0.25, -0.2) is 0 Å². The Labute approximate surface area is 215 Å². The van der Waals surface area contributed by atoms with Gasteiger partial charge in [0, 0.05) is 5.39 Å². The smallest absolute Gasteiger partial charge is 0.259 e. The van der Waals surface area contributed by atoms with Crippen LogP contribution >= 0.6 is 0 Å². The van der Waals surface area contributed by atoms with Crippen molar-refractivity contribution in [2.75, 3.05) is 4.90 Å². The van der Waals surface area contributed by atoms with Crippen LogP contribution in [0.15, 0.2) is 121 Å². The summed E-state index contributed by atoms with van der Waals surface area (Å²) >= 11 is 0. The van der Waals surface area contributed by atoms with Crippen LogP contribution in [0.4, 0.5) is 5.69 Å². The standard InChI is InChI=1S/C34H25NO2/c36-34-33(37-22-24-10-5-2-6-11-24)30(20-14-23-8-3-1-4-9-23)35(34)29-21-18-27-16-15-25-12-7-13-26-17-19-28(29)32(27)31(25)26/h1-21,30,33H,22H2/b20-14+/t30-,33+/m1/s1. The van der Waals surface area contributed by atoms with E-state index in [2.05, 4.69) is 78.9 Å². The molecule has 6 aromatic rings. The molecule has 3 heteroatoms. The van der Waals surface area contributed by atoms with Gasteiger partial charge in [0.2, 0.25) is 0 Å². The minimum Gasteiger partial charge on any atom is -0.361 e. The van der Waals surface area contributed by atoms with E-state index in [9.17, 15) is 4.79 Å². The molecule has 0 spiro atoms. The zero-order valence-corrected chi connectivity index (χ0v) is 20.2. The molecule has 37 heavy (non-hydrogen) atoms. The summed E-state index contributed by atoms with van der Waals surface area (Å²) in [4.78, 5) is 15.5. The van der Waals surface area contributed by atoms with E-state index < -0.39 is 6.10 Å². The molecule has 0 bridgehead atoms. The largest absolute Gasteiger partial charge is 0.361 e. The number of hydrogen-bond donors (Lipinski definition) is 0. The van der Waals surface area contributed by atoms with Gasteiger partial charge in [0.1, 0.15) is 0 Å². The first-order valence-electron chi connectivity index (χ1n) is 12.7. The Morgan fingerprint density at radius 3 is 2.08 bits per heavy atom. The Bertz CT molecular complexity index is 1740. The van der Waals surface area contributed by atoms with Crippen molar-refractivity contribution in [1.82, 2.24) is 0 Å². The highest BCUT2D eigenvalue weighted by molar-refractivity contribution is 6.26. The number of rotatable bonds is 6. The molecule has 0 unspecified atom stereocenters. The highest BCUT2D eigenvalue weighted by atomic mass is 16.5. The van der Waals surface area contributed by atoms with Crippen molar-refractivity contribution < 1.29 is 9.53 Å². The van der Waals surface area contributed by atoms with E-state index in [0.717, 1.165) is 22.2 Å². The van der Waals surface area contributed by atoms with Gasteiger partial charge in [-0.2, -0.15) is 0 Å². The van der Waals surface area contributed by atoms with Gasteiger partial charge in [0.05, 0.1) is 18.3 Å². The topological polar surface area (TPSA) is 29.5 Å². The second-order valence-corrected chi connectivity index (χ2v) is 9.63. The first-order chi connectivity index (χ1) is 18.3. The van der Waals surface area contributed by atoms with Crippen molar-refractivity contribution in [2.24, 2.45) is 0 Å². The van der Waals surface area contributed by atoms with E-state index in [1.165, 1.54) is 26.9 Å². The molecule has 3 nitrogen and oxygen atoms in total. The van der Waals surface area contributed by atoms with Gasteiger partial charge in [0.15, 0.2) is 6.10 Å². The lowest BCUT2D eigenvalue weighted by Gasteiger charge is -2.45. The maximum absolute atomic E-state index is 13.6. The van der Waals surface area contributed by atoms with Gasteiger partial charge in [-0.15, -0.1) is 0 Å². The number of anilines is 1. The summed E-state index contributed by atoms with van der Waals surface area (Å²) in [7, 11) is 0. The van der Waals surface area contributed by atoms with Gasteiger partial charge >= 0.3 is 0 Å². The van der Waals surface area contributed by atoms with Crippen molar-refractivity contribution in [3.63, 3.8) is 0 Å². The first kappa shape index (κ1) is 21.8. The Kier molecular flexibility index (Phi) is 5.23. The summed E-state index contributed by atoms with van der Waals surface area (Å²) in [6, 6.07) is 39.3. The fourth-order valence-corrected chi connectivity index (χ4v) is 5.58. The quantitative estimate of drug-likeness (QED) is 0.182. The Morgan fingerprint density at radius 2 is 1.32 bits per heavy atom. The third-order valence-electron chi connectivity index (χ3n) is 7.41. The average Bonchev–Trinajstić information content (AvgIpc) is 2.95. The number of amides is 1. The lowest BCUT2D eigenvalue weighted by atomic mass is 9.90. The van der Waals surface area contributed by atoms with Crippen LogP contribution < -0.4 is 4.90 Å². The lowest BCUT2D eigenvalue weighted by molar-refractivity contribution is -0.141. The van der Waals surface area contributed by atoms with Crippen LogP contribution in [-0.4, -0.2) is 18.1 Å². The fourth-order valence-electron chi connectivity index (χ4n) is 5.58. The van der Waals surface area contributed by atoms with Gasteiger partial charge in [0.25, 0.3) is 5.91 Å². The van der Waals surface area contributed by atoms with Crippen LogP contribution in [0.5, 0.6) is 0 Å². The van der Waals surface area contributed by atoms with Crippen LogP contribution in [0.2, 0.25) is 0 Å². The molecule has 1 aliphatic rings. The molecule has 1 aliphatic heterocycles. The average molecular weight is 480 g/mol. The van der Waals surface area contributed by atoms with Gasteiger partial charge in [-0.3, -0.25) is 9.69 Å². The Hall–Kier alpha value is -4.47. The highest BCUT2D eigenvalue weighted by Crippen LogP contribution is 2.42. The molecule has 6 aromatic carbocycles. The Morgan fingerprint density at radius 1 is 0.676 bits per heavy atom. The molecular formula is C34H25NO2.